The standard InChI is InChI=1S/C15H25N3O3/c1-4-7-16-13(11-6-5-8-21-10-11)14-15(20-3)18-12(19-2)9-17-14/h9,11,13,16H,4-8,10H2,1-3H3. The summed E-state index contributed by atoms with van der Waals surface area (Å²) in [5, 5.41) is 3.56. The Hall–Kier alpha value is -1.40. The monoisotopic (exact) mass is 295 g/mol. The number of methoxy groups -OCH3 is 2. The van der Waals surface area contributed by atoms with Crippen molar-refractivity contribution in [3.8, 4) is 11.8 Å². The van der Waals surface area contributed by atoms with E-state index in [9.17, 15) is 0 Å². The normalized spacial score (nSPS) is 20.0. The molecule has 21 heavy (non-hydrogen) atoms. The molecule has 1 fully saturated rings. The van der Waals surface area contributed by atoms with Gasteiger partial charge in [0.25, 0.3) is 0 Å². The van der Waals surface area contributed by atoms with Gasteiger partial charge in [-0.25, -0.2) is 4.98 Å². The zero-order valence-electron chi connectivity index (χ0n) is 13.1. The molecule has 6 nitrogen and oxygen atoms in total. The van der Waals surface area contributed by atoms with Gasteiger partial charge in [0, 0.05) is 12.5 Å². The van der Waals surface area contributed by atoms with Crippen molar-refractivity contribution in [2.75, 3.05) is 34.0 Å². The van der Waals surface area contributed by atoms with Crippen LogP contribution < -0.4 is 14.8 Å². The number of ether oxygens (including phenoxy) is 3. The maximum absolute atomic E-state index is 5.63. The molecule has 1 aliphatic heterocycles. The SMILES string of the molecule is CCCNC(c1ncc(OC)nc1OC)C1CCCOC1. The van der Waals surface area contributed by atoms with Crippen molar-refractivity contribution in [1.29, 1.82) is 0 Å². The van der Waals surface area contributed by atoms with Crippen LogP contribution >= 0.6 is 0 Å². The molecule has 0 aliphatic carbocycles. The molecule has 2 heterocycles. The smallest absolute Gasteiger partial charge is 0.240 e. The van der Waals surface area contributed by atoms with Crippen molar-refractivity contribution in [2.24, 2.45) is 5.92 Å². The van der Waals surface area contributed by atoms with Crippen LogP contribution in [0.4, 0.5) is 0 Å². The molecule has 1 aromatic heterocycles. The first-order chi connectivity index (χ1) is 10.3. The van der Waals surface area contributed by atoms with E-state index in [1.807, 2.05) is 0 Å². The topological polar surface area (TPSA) is 65.5 Å². The van der Waals surface area contributed by atoms with Crippen LogP contribution in [0.3, 0.4) is 0 Å². The summed E-state index contributed by atoms with van der Waals surface area (Å²) < 4.78 is 16.2. The number of hydrogen-bond donors (Lipinski definition) is 1. The number of aromatic nitrogens is 2. The highest BCUT2D eigenvalue weighted by atomic mass is 16.5. The van der Waals surface area contributed by atoms with Crippen LogP contribution in [0.1, 0.15) is 37.9 Å². The fourth-order valence-electron chi connectivity index (χ4n) is 2.64. The third kappa shape index (κ3) is 4.04. The second kappa shape index (κ2) is 8.14. The average Bonchev–Trinajstić information content (AvgIpc) is 2.56. The summed E-state index contributed by atoms with van der Waals surface area (Å²) in [6.07, 6.45) is 4.91. The van der Waals surface area contributed by atoms with Crippen LogP contribution in [0.15, 0.2) is 6.20 Å². The van der Waals surface area contributed by atoms with Crippen molar-refractivity contribution >= 4 is 0 Å². The van der Waals surface area contributed by atoms with Gasteiger partial charge in [0.05, 0.1) is 33.1 Å². The van der Waals surface area contributed by atoms with Gasteiger partial charge in [-0.1, -0.05) is 6.92 Å². The number of rotatable bonds is 7. The lowest BCUT2D eigenvalue weighted by Crippen LogP contribution is -2.34. The summed E-state index contributed by atoms with van der Waals surface area (Å²) in [6, 6.07) is 0.0959. The molecule has 1 N–H and O–H groups in total. The van der Waals surface area contributed by atoms with Gasteiger partial charge in [-0.15, -0.1) is 0 Å². The number of nitrogens with one attached hydrogen (secondary N) is 1. The Morgan fingerprint density at radius 3 is 2.90 bits per heavy atom. The first kappa shape index (κ1) is 16.0. The van der Waals surface area contributed by atoms with Crippen molar-refractivity contribution in [3.05, 3.63) is 11.9 Å². The van der Waals surface area contributed by atoms with E-state index in [0.717, 1.165) is 44.7 Å². The van der Waals surface area contributed by atoms with Gasteiger partial charge in [-0.3, -0.25) is 0 Å². The first-order valence-electron chi connectivity index (χ1n) is 7.56. The minimum absolute atomic E-state index is 0.0959. The Kier molecular flexibility index (Phi) is 6.20. The Balaban J connectivity index is 2.25. The predicted octanol–water partition coefficient (Wildman–Crippen LogP) is 1.96. The Labute approximate surface area is 126 Å². The van der Waals surface area contributed by atoms with Gasteiger partial charge in [0.2, 0.25) is 11.8 Å². The Morgan fingerprint density at radius 1 is 1.43 bits per heavy atom. The Morgan fingerprint density at radius 2 is 2.29 bits per heavy atom. The van der Waals surface area contributed by atoms with Gasteiger partial charge >= 0.3 is 0 Å². The average molecular weight is 295 g/mol. The number of hydrogen-bond acceptors (Lipinski definition) is 6. The van der Waals surface area contributed by atoms with Crippen LogP contribution in [0.2, 0.25) is 0 Å². The second-order valence-electron chi connectivity index (χ2n) is 5.22. The first-order valence-corrected chi connectivity index (χ1v) is 7.56. The zero-order chi connectivity index (χ0) is 15.1. The molecule has 0 bridgehead atoms. The lowest BCUT2D eigenvalue weighted by atomic mass is 9.91. The van der Waals surface area contributed by atoms with Crippen LogP contribution in [-0.2, 0) is 4.74 Å². The third-order valence-corrected chi connectivity index (χ3v) is 3.72. The van der Waals surface area contributed by atoms with E-state index in [4.69, 9.17) is 14.2 Å². The minimum Gasteiger partial charge on any atom is -0.480 e. The van der Waals surface area contributed by atoms with Crippen LogP contribution in [0.5, 0.6) is 11.8 Å². The lowest BCUT2D eigenvalue weighted by Gasteiger charge is -2.31. The largest absolute Gasteiger partial charge is 0.480 e. The molecule has 0 saturated carbocycles. The van der Waals surface area contributed by atoms with E-state index in [1.54, 1.807) is 20.4 Å². The molecule has 1 saturated heterocycles. The van der Waals surface area contributed by atoms with Crippen molar-refractivity contribution in [2.45, 2.75) is 32.2 Å². The maximum Gasteiger partial charge on any atom is 0.240 e. The van der Waals surface area contributed by atoms with E-state index in [-0.39, 0.29) is 6.04 Å². The van der Waals surface area contributed by atoms with Crippen molar-refractivity contribution < 1.29 is 14.2 Å². The highest BCUT2D eigenvalue weighted by Crippen LogP contribution is 2.32. The lowest BCUT2D eigenvalue weighted by molar-refractivity contribution is 0.0378. The van der Waals surface area contributed by atoms with Gasteiger partial charge in [-0.05, 0) is 25.8 Å². The molecule has 2 atom stereocenters. The molecule has 1 aromatic rings. The van der Waals surface area contributed by atoms with Gasteiger partial charge in [0.15, 0.2) is 0 Å². The fraction of sp³-hybridized carbons (Fsp3) is 0.733. The van der Waals surface area contributed by atoms with E-state index < -0.39 is 0 Å². The second-order valence-corrected chi connectivity index (χ2v) is 5.22. The molecular weight excluding hydrogens is 270 g/mol. The molecule has 0 radical (unpaired) electrons. The summed E-state index contributed by atoms with van der Waals surface area (Å²) in [5.74, 6) is 1.38. The molecule has 0 amide bonds. The summed E-state index contributed by atoms with van der Waals surface area (Å²) >= 11 is 0. The van der Waals surface area contributed by atoms with Crippen LogP contribution in [-0.4, -0.2) is 43.9 Å². The van der Waals surface area contributed by atoms with Gasteiger partial charge < -0.3 is 19.5 Å². The van der Waals surface area contributed by atoms with Crippen LogP contribution in [0, 0.1) is 5.92 Å². The Bertz CT molecular complexity index is 436. The van der Waals surface area contributed by atoms with E-state index in [0.29, 0.717) is 17.7 Å². The van der Waals surface area contributed by atoms with Crippen molar-refractivity contribution in [3.63, 3.8) is 0 Å². The highest BCUT2D eigenvalue weighted by Gasteiger charge is 2.29. The third-order valence-electron chi connectivity index (χ3n) is 3.72. The zero-order valence-corrected chi connectivity index (χ0v) is 13.1. The fourth-order valence-corrected chi connectivity index (χ4v) is 2.64. The molecule has 2 unspecified atom stereocenters. The molecule has 6 heteroatoms. The summed E-state index contributed by atoms with van der Waals surface area (Å²) in [4.78, 5) is 8.86. The van der Waals surface area contributed by atoms with E-state index in [1.165, 1.54) is 0 Å². The number of nitrogens with zero attached hydrogens (tertiary/aromatic N) is 2. The molecule has 0 spiro atoms. The molecular formula is C15H25N3O3. The molecule has 118 valence electrons. The molecule has 0 aromatic carbocycles. The molecule has 2 rings (SSSR count). The van der Waals surface area contributed by atoms with E-state index in [2.05, 4.69) is 22.2 Å². The quantitative estimate of drug-likeness (QED) is 0.829. The summed E-state index contributed by atoms with van der Waals surface area (Å²) in [7, 11) is 3.19. The summed E-state index contributed by atoms with van der Waals surface area (Å²) in [5.41, 5.74) is 0.835. The van der Waals surface area contributed by atoms with Crippen molar-refractivity contribution in [1.82, 2.24) is 15.3 Å². The molecule has 1 aliphatic rings. The van der Waals surface area contributed by atoms with Gasteiger partial charge in [-0.2, -0.15) is 4.98 Å². The van der Waals surface area contributed by atoms with Crippen LogP contribution in [0.25, 0.3) is 0 Å². The predicted molar refractivity (Wildman–Crippen MR) is 79.7 cm³/mol. The van der Waals surface area contributed by atoms with E-state index >= 15 is 0 Å². The highest BCUT2D eigenvalue weighted by molar-refractivity contribution is 5.26. The maximum atomic E-state index is 5.63. The minimum atomic E-state index is 0.0959. The summed E-state index contributed by atoms with van der Waals surface area (Å²) in [6.45, 7) is 4.68. The van der Waals surface area contributed by atoms with Gasteiger partial charge in [0.1, 0.15) is 5.69 Å².